The maximum Gasteiger partial charge on any atom is 0.248 e. The van der Waals surface area contributed by atoms with Crippen LogP contribution >= 0.6 is 11.6 Å². The second-order valence-corrected chi connectivity index (χ2v) is 6.48. The summed E-state index contributed by atoms with van der Waals surface area (Å²) in [4.78, 5) is 14.0. The van der Waals surface area contributed by atoms with E-state index >= 15 is 0 Å². The molecular formula is C13H20ClF2NO2. The molecule has 0 bridgehead atoms. The monoisotopic (exact) mass is 295 g/mol. The first-order chi connectivity index (χ1) is 8.72. The molecule has 1 saturated carbocycles. The molecule has 1 heterocycles. The van der Waals surface area contributed by atoms with Crippen molar-refractivity contribution in [3.63, 3.8) is 0 Å². The number of alkyl halides is 3. The Morgan fingerprint density at radius 3 is 2.68 bits per heavy atom. The molecule has 1 aliphatic carbocycles. The highest BCUT2D eigenvalue weighted by Gasteiger charge is 2.45. The van der Waals surface area contributed by atoms with Crippen molar-refractivity contribution in [2.45, 2.75) is 50.7 Å². The van der Waals surface area contributed by atoms with E-state index in [0.29, 0.717) is 19.0 Å². The molecule has 2 rings (SSSR count). The van der Waals surface area contributed by atoms with Crippen molar-refractivity contribution in [1.82, 2.24) is 4.90 Å². The number of ether oxygens (including phenoxy) is 1. The van der Waals surface area contributed by atoms with Gasteiger partial charge >= 0.3 is 0 Å². The van der Waals surface area contributed by atoms with E-state index in [2.05, 4.69) is 0 Å². The summed E-state index contributed by atoms with van der Waals surface area (Å²) in [5.74, 6) is -3.12. The van der Waals surface area contributed by atoms with Crippen LogP contribution in [0.3, 0.4) is 0 Å². The summed E-state index contributed by atoms with van der Waals surface area (Å²) in [6, 6.07) is 0. The lowest BCUT2D eigenvalue weighted by atomic mass is 10.0. The topological polar surface area (TPSA) is 29.5 Å². The lowest BCUT2D eigenvalue weighted by molar-refractivity contribution is -0.161. The number of carbonyl (C=O) groups is 1. The minimum atomic E-state index is -2.69. The van der Waals surface area contributed by atoms with Crippen molar-refractivity contribution in [2.24, 2.45) is 5.92 Å². The van der Waals surface area contributed by atoms with Crippen molar-refractivity contribution < 1.29 is 18.3 Å². The number of morpholine rings is 1. The van der Waals surface area contributed by atoms with Gasteiger partial charge in [0, 0.05) is 31.8 Å². The van der Waals surface area contributed by atoms with E-state index in [0.717, 1.165) is 0 Å². The molecule has 0 radical (unpaired) electrons. The third kappa shape index (κ3) is 3.57. The van der Waals surface area contributed by atoms with E-state index < -0.39 is 17.4 Å². The standard InChI is InChI=1S/C13H20ClF2NO2/c1-12(2)8-17(7-10(6-14)19-12)11(18)9-3-4-13(15,16)5-9/h9-10H,3-8H2,1-2H3. The molecule has 2 atom stereocenters. The van der Waals surface area contributed by atoms with E-state index in [4.69, 9.17) is 16.3 Å². The van der Waals surface area contributed by atoms with Gasteiger partial charge in [-0.2, -0.15) is 0 Å². The highest BCUT2D eigenvalue weighted by molar-refractivity contribution is 6.18. The zero-order chi connectivity index (χ0) is 14.3. The summed E-state index contributed by atoms with van der Waals surface area (Å²) in [5.41, 5.74) is -0.478. The largest absolute Gasteiger partial charge is 0.367 e. The van der Waals surface area contributed by atoms with Crippen LogP contribution in [0.5, 0.6) is 0 Å². The minimum Gasteiger partial charge on any atom is -0.367 e. The Labute approximate surface area is 117 Å². The van der Waals surface area contributed by atoms with Crippen molar-refractivity contribution in [3.8, 4) is 0 Å². The Balaban J connectivity index is 2.02. The number of hydrogen-bond acceptors (Lipinski definition) is 2. The molecular weight excluding hydrogens is 276 g/mol. The van der Waals surface area contributed by atoms with Crippen molar-refractivity contribution in [3.05, 3.63) is 0 Å². The highest BCUT2D eigenvalue weighted by atomic mass is 35.5. The van der Waals surface area contributed by atoms with Gasteiger partial charge in [-0.3, -0.25) is 4.79 Å². The van der Waals surface area contributed by atoms with Gasteiger partial charge in [-0.05, 0) is 20.3 Å². The van der Waals surface area contributed by atoms with Crippen LogP contribution in [0.25, 0.3) is 0 Å². The van der Waals surface area contributed by atoms with Crippen LogP contribution in [0, 0.1) is 5.92 Å². The minimum absolute atomic E-state index is 0.177. The Kier molecular flexibility index (Phi) is 4.07. The predicted octanol–water partition coefficient (Wildman–Crippen LogP) is 2.67. The van der Waals surface area contributed by atoms with E-state index in [1.807, 2.05) is 13.8 Å². The van der Waals surface area contributed by atoms with Crippen molar-refractivity contribution in [1.29, 1.82) is 0 Å². The number of nitrogens with zero attached hydrogens (tertiary/aromatic N) is 1. The average Bonchev–Trinajstić information content (AvgIpc) is 2.66. The molecule has 19 heavy (non-hydrogen) atoms. The zero-order valence-electron chi connectivity index (χ0n) is 11.3. The van der Waals surface area contributed by atoms with Crippen LogP contribution in [0.1, 0.15) is 33.1 Å². The predicted molar refractivity (Wildman–Crippen MR) is 68.5 cm³/mol. The first-order valence-corrected chi connectivity index (χ1v) is 7.16. The van der Waals surface area contributed by atoms with Gasteiger partial charge in [0.1, 0.15) is 0 Å². The Morgan fingerprint density at radius 1 is 1.47 bits per heavy atom. The second kappa shape index (κ2) is 5.17. The summed E-state index contributed by atoms with van der Waals surface area (Å²) in [6.07, 6.45) is -0.461. The van der Waals surface area contributed by atoms with Crippen LogP contribution in [0.2, 0.25) is 0 Å². The summed E-state index contributed by atoms with van der Waals surface area (Å²) in [5, 5.41) is 0. The third-order valence-corrected chi connectivity index (χ3v) is 4.06. The number of halogens is 3. The number of hydrogen-bond donors (Lipinski definition) is 0. The molecule has 0 aromatic carbocycles. The fraction of sp³-hybridized carbons (Fsp3) is 0.923. The van der Waals surface area contributed by atoms with E-state index in [9.17, 15) is 13.6 Å². The number of carbonyl (C=O) groups excluding carboxylic acids is 1. The first-order valence-electron chi connectivity index (χ1n) is 6.63. The zero-order valence-corrected chi connectivity index (χ0v) is 12.1. The van der Waals surface area contributed by atoms with Gasteiger partial charge < -0.3 is 9.64 Å². The molecule has 2 aliphatic rings. The van der Waals surface area contributed by atoms with Gasteiger partial charge in [-0.1, -0.05) is 0 Å². The Bertz CT molecular complexity index is 363. The van der Waals surface area contributed by atoms with Crippen molar-refractivity contribution in [2.75, 3.05) is 19.0 Å². The van der Waals surface area contributed by atoms with Gasteiger partial charge in [-0.15, -0.1) is 11.6 Å². The lowest BCUT2D eigenvalue weighted by Gasteiger charge is -2.43. The van der Waals surface area contributed by atoms with Gasteiger partial charge in [0.05, 0.1) is 17.6 Å². The summed E-state index contributed by atoms with van der Waals surface area (Å²) >= 11 is 5.80. The van der Waals surface area contributed by atoms with Gasteiger partial charge in [0.15, 0.2) is 0 Å². The number of rotatable bonds is 2. The van der Waals surface area contributed by atoms with Gasteiger partial charge in [0.25, 0.3) is 0 Å². The number of amides is 1. The molecule has 2 fully saturated rings. The normalized spacial score (nSPS) is 33.4. The summed E-state index contributed by atoms with van der Waals surface area (Å²) < 4.78 is 32.1. The van der Waals surface area contributed by atoms with Crippen LogP contribution in [-0.4, -0.2) is 47.4 Å². The quantitative estimate of drug-likeness (QED) is 0.733. The van der Waals surface area contributed by atoms with E-state index in [1.54, 1.807) is 4.90 Å². The molecule has 0 spiro atoms. The molecule has 6 heteroatoms. The van der Waals surface area contributed by atoms with E-state index in [1.165, 1.54) is 0 Å². The summed E-state index contributed by atoms with van der Waals surface area (Å²) in [7, 11) is 0. The third-order valence-electron chi connectivity index (χ3n) is 3.72. The summed E-state index contributed by atoms with van der Waals surface area (Å²) in [6.45, 7) is 4.60. The maximum absolute atomic E-state index is 13.2. The van der Waals surface area contributed by atoms with Crippen LogP contribution < -0.4 is 0 Å². The molecule has 3 nitrogen and oxygen atoms in total. The molecule has 1 amide bonds. The Hall–Kier alpha value is -0.420. The van der Waals surface area contributed by atoms with E-state index in [-0.39, 0.29) is 31.3 Å². The second-order valence-electron chi connectivity index (χ2n) is 6.17. The molecule has 0 N–H and O–H groups in total. The molecule has 0 aromatic rings. The average molecular weight is 296 g/mol. The highest BCUT2D eigenvalue weighted by Crippen LogP contribution is 2.40. The SMILES string of the molecule is CC1(C)CN(C(=O)C2CCC(F)(F)C2)CC(CCl)O1. The van der Waals surface area contributed by atoms with Crippen LogP contribution in [0.4, 0.5) is 8.78 Å². The molecule has 1 aliphatic heterocycles. The lowest BCUT2D eigenvalue weighted by Crippen LogP contribution is -2.56. The smallest absolute Gasteiger partial charge is 0.248 e. The molecule has 2 unspecified atom stereocenters. The van der Waals surface area contributed by atoms with Gasteiger partial charge in [0.2, 0.25) is 11.8 Å². The maximum atomic E-state index is 13.2. The Morgan fingerprint density at radius 2 is 2.16 bits per heavy atom. The molecule has 0 aromatic heterocycles. The van der Waals surface area contributed by atoms with Crippen molar-refractivity contribution >= 4 is 17.5 Å². The molecule has 110 valence electrons. The van der Waals surface area contributed by atoms with Crippen LogP contribution in [-0.2, 0) is 9.53 Å². The first kappa shape index (κ1) is 15.0. The molecule has 1 saturated heterocycles. The van der Waals surface area contributed by atoms with Gasteiger partial charge in [-0.25, -0.2) is 8.78 Å². The van der Waals surface area contributed by atoms with Crippen LogP contribution in [0.15, 0.2) is 0 Å². The fourth-order valence-electron chi connectivity index (χ4n) is 2.96. The fourth-order valence-corrected chi connectivity index (χ4v) is 3.12.